The van der Waals surface area contributed by atoms with E-state index in [1.807, 2.05) is 24.3 Å². The number of rotatable bonds is 2. The topological polar surface area (TPSA) is 52.0 Å². The van der Waals surface area contributed by atoms with Crippen molar-refractivity contribution < 1.29 is 0 Å². The Labute approximate surface area is 244 Å². The summed E-state index contributed by atoms with van der Waals surface area (Å²) in [6.45, 7) is 0. The molecule has 4 N–H and O–H groups in total. The van der Waals surface area contributed by atoms with Crippen LogP contribution in [0.1, 0.15) is 83.0 Å². The zero-order chi connectivity index (χ0) is 26.8. The first-order valence-corrected chi connectivity index (χ1v) is 14.4. The Balaban J connectivity index is 0.000000155. The van der Waals surface area contributed by atoms with Crippen LogP contribution in [-0.4, -0.2) is 0 Å². The predicted octanol–water partition coefficient (Wildman–Crippen LogP) is 9.84. The monoisotopic (exact) mass is 582 g/mol. The van der Waals surface area contributed by atoms with Crippen LogP contribution in [0.4, 0.5) is 0 Å². The van der Waals surface area contributed by atoms with Gasteiger partial charge in [0.2, 0.25) is 0 Å². The van der Waals surface area contributed by atoms with E-state index in [1.54, 1.807) is 0 Å². The molecule has 0 fully saturated rings. The summed E-state index contributed by atoms with van der Waals surface area (Å²) in [5, 5.41) is 2.44. The van der Waals surface area contributed by atoms with Gasteiger partial charge in [0, 0.05) is 23.9 Å². The van der Waals surface area contributed by atoms with E-state index in [0.717, 1.165) is 25.7 Å². The average Bonchev–Trinajstić information content (AvgIpc) is 2.93. The fourth-order valence-corrected chi connectivity index (χ4v) is 6.41. The molecular weight excluding hydrogens is 554 g/mol. The SMILES string of the molecule is N[C@@H]1CC[C@@H](c2ccc(Cl)c(Cl)c2)c2ccccc21.N[C@H]1CCC(c2ccc(Cl)c(Cl)c2)c2ccccc21. The third-order valence-electron chi connectivity index (χ3n) is 7.77. The molecule has 6 heteroatoms. The lowest BCUT2D eigenvalue weighted by Crippen LogP contribution is -2.20. The van der Waals surface area contributed by atoms with Crippen molar-refractivity contribution in [3.63, 3.8) is 0 Å². The molecule has 1 unspecified atom stereocenters. The maximum Gasteiger partial charge on any atom is 0.0595 e. The molecule has 6 rings (SSSR count). The van der Waals surface area contributed by atoms with Gasteiger partial charge in [-0.3, -0.25) is 0 Å². The van der Waals surface area contributed by atoms with Gasteiger partial charge in [0.15, 0.2) is 0 Å². The highest BCUT2D eigenvalue weighted by Crippen LogP contribution is 2.42. The number of fused-ring (bicyclic) bond motifs is 2. The van der Waals surface area contributed by atoms with Crippen molar-refractivity contribution in [1.29, 1.82) is 0 Å². The minimum atomic E-state index is 0.148. The Morgan fingerprint density at radius 1 is 0.447 bits per heavy atom. The molecule has 4 aromatic rings. The Kier molecular flexibility index (Phi) is 8.69. The first-order valence-electron chi connectivity index (χ1n) is 12.9. The number of hydrogen-bond donors (Lipinski definition) is 2. The zero-order valence-corrected chi connectivity index (χ0v) is 23.9. The maximum atomic E-state index is 6.19. The molecule has 0 amide bonds. The Morgan fingerprint density at radius 2 is 0.816 bits per heavy atom. The molecule has 2 aliphatic rings. The van der Waals surface area contributed by atoms with Gasteiger partial charge in [-0.15, -0.1) is 0 Å². The lowest BCUT2D eigenvalue weighted by molar-refractivity contribution is 0.530. The largest absolute Gasteiger partial charge is 0.324 e. The van der Waals surface area contributed by atoms with E-state index in [9.17, 15) is 0 Å². The molecule has 0 bridgehead atoms. The molecule has 0 saturated heterocycles. The van der Waals surface area contributed by atoms with E-state index in [0.29, 0.717) is 31.9 Å². The van der Waals surface area contributed by atoms with Crippen LogP contribution >= 0.6 is 46.4 Å². The van der Waals surface area contributed by atoms with Crippen LogP contribution in [0.2, 0.25) is 20.1 Å². The fourth-order valence-electron chi connectivity index (χ4n) is 5.80. The van der Waals surface area contributed by atoms with Gasteiger partial charge >= 0.3 is 0 Å². The summed E-state index contributed by atoms with van der Waals surface area (Å²) in [7, 11) is 0. The van der Waals surface area contributed by atoms with Crippen LogP contribution in [0.25, 0.3) is 0 Å². The lowest BCUT2D eigenvalue weighted by Gasteiger charge is -2.30. The third-order valence-corrected chi connectivity index (χ3v) is 9.24. The van der Waals surface area contributed by atoms with Crippen LogP contribution < -0.4 is 11.5 Å². The van der Waals surface area contributed by atoms with E-state index in [1.165, 1.54) is 33.4 Å². The van der Waals surface area contributed by atoms with E-state index in [-0.39, 0.29) is 12.1 Å². The van der Waals surface area contributed by atoms with Crippen molar-refractivity contribution in [2.75, 3.05) is 0 Å². The first-order chi connectivity index (χ1) is 18.3. The molecule has 2 aliphatic carbocycles. The smallest absolute Gasteiger partial charge is 0.0595 e. The van der Waals surface area contributed by atoms with E-state index in [4.69, 9.17) is 57.9 Å². The van der Waals surface area contributed by atoms with Gasteiger partial charge in [0.25, 0.3) is 0 Å². The van der Waals surface area contributed by atoms with E-state index < -0.39 is 0 Å². The summed E-state index contributed by atoms with van der Waals surface area (Å²) >= 11 is 24.2. The number of halogens is 4. The maximum absolute atomic E-state index is 6.19. The standard InChI is InChI=1S/2C16H15Cl2N/c2*17-14-7-5-10(9-15(14)18)11-6-8-16(19)13-4-2-1-3-12(11)13/h2*1-5,7,9,11,16H,6,8,19H2/t11?,16-;11-,16+/m00/s1. The van der Waals surface area contributed by atoms with Gasteiger partial charge < -0.3 is 11.5 Å². The van der Waals surface area contributed by atoms with Crippen LogP contribution in [-0.2, 0) is 0 Å². The molecule has 0 spiro atoms. The Hall–Kier alpha value is -2.04. The highest BCUT2D eigenvalue weighted by Gasteiger charge is 2.27. The molecule has 0 aromatic heterocycles. The molecule has 196 valence electrons. The Morgan fingerprint density at radius 3 is 1.18 bits per heavy atom. The third kappa shape index (κ3) is 5.77. The van der Waals surface area contributed by atoms with Crippen molar-refractivity contribution in [1.82, 2.24) is 0 Å². The highest BCUT2D eigenvalue weighted by molar-refractivity contribution is 6.42. The molecule has 0 aliphatic heterocycles. The van der Waals surface area contributed by atoms with Crippen molar-refractivity contribution in [2.24, 2.45) is 11.5 Å². The average molecular weight is 584 g/mol. The predicted molar refractivity (Wildman–Crippen MR) is 162 cm³/mol. The second-order valence-corrected chi connectivity index (χ2v) is 11.7. The first kappa shape index (κ1) is 27.5. The van der Waals surface area contributed by atoms with Crippen LogP contribution in [0, 0.1) is 0 Å². The summed E-state index contributed by atoms with van der Waals surface area (Å²) in [6.07, 6.45) is 4.11. The molecule has 0 saturated carbocycles. The van der Waals surface area contributed by atoms with Crippen molar-refractivity contribution in [2.45, 2.75) is 49.6 Å². The molecule has 4 aromatic carbocycles. The van der Waals surface area contributed by atoms with Crippen molar-refractivity contribution >= 4 is 46.4 Å². The summed E-state index contributed by atoms with van der Waals surface area (Å²) in [5.41, 5.74) is 20.0. The fraction of sp³-hybridized carbons (Fsp3) is 0.250. The summed E-state index contributed by atoms with van der Waals surface area (Å²) in [4.78, 5) is 0. The van der Waals surface area contributed by atoms with Gasteiger partial charge in [0.1, 0.15) is 0 Å². The number of hydrogen-bond acceptors (Lipinski definition) is 2. The molecule has 38 heavy (non-hydrogen) atoms. The summed E-state index contributed by atoms with van der Waals surface area (Å²) in [6, 6.07) is 29.0. The number of nitrogens with two attached hydrogens (primary N) is 2. The highest BCUT2D eigenvalue weighted by atomic mass is 35.5. The van der Waals surface area contributed by atoms with Crippen LogP contribution in [0.5, 0.6) is 0 Å². The minimum Gasteiger partial charge on any atom is -0.324 e. The van der Waals surface area contributed by atoms with Crippen molar-refractivity contribution in [3.8, 4) is 0 Å². The van der Waals surface area contributed by atoms with Gasteiger partial charge in [-0.2, -0.15) is 0 Å². The van der Waals surface area contributed by atoms with Gasteiger partial charge in [-0.1, -0.05) is 107 Å². The van der Waals surface area contributed by atoms with Gasteiger partial charge in [-0.25, -0.2) is 0 Å². The lowest BCUT2D eigenvalue weighted by atomic mass is 9.77. The van der Waals surface area contributed by atoms with E-state index in [2.05, 4.69) is 60.7 Å². The van der Waals surface area contributed by atoms with Crippen LogP contribution in [0.3, 0.4) is 0 Å². The van der Waals surface area contributed by atoms with Gasteiger partial charge in [0.05, 0.1) is 20.1 Å². The van der Waals surface area contributed by atoms with Crippen molar-refractivity contribution in [3.05, 3.63) is 138 Å². The molecule has 0 radical (unpaired) electrons. The normalized spacial score (nSPS) is 22.1. The van der Waals surface area contributed by atoms with E-state index >= 15 is 0 Å². The molecule has 4 atom stereocenters. The zero-order valence-electron chi connectivity index (χ0n) is 20.9. The molecule has 0 heterocycles. The molecular formula is C32H30Cl4N2. The minimum absolute atomic E-state index is 0.148. The number of benzene rings is 4. The van der Waals surface area contributed by atoms with Crippen LogP contribution in [0.15, 0.2) is 84.9 Å². The molecule has 2 nitrogen and oxygen atoms in total. The van der Waals surface area contributed by atoms with Gasteiger partial charge in [-0.05, 0) is 83.3 Å². The quantitative estimate of drug-likeness (QED) is 0.247. The summed E-state index contributed by atoms with van der Waals surface area (Å²) < 4.78 is 0. The summed E-state index contributed by atoms with van der Waals surface area (Å²) in [5.74, 6) is 0.733. The Bertz CT molecular complexity index is 1330. The second kappa shape index (κ2) is 12.0. The second-order valence-electron chi connectivity index (χ2n) is 10.1.